The molecular weight excluding hydrogens is 298 g/mol. The van der Waals surface area contributed by atoms with Gasteiger partial charge < -0.3 is 5.73 Å². The average molecular weight is 312 g/mol. The summed E-state index contributed by atoms with van der Waals surface area (Å²) in [6.07, 6.45) is 0. The molecule has 0 unspecified atom stereocenters. The Hall–Kier alpha value is -2.15. The van der Waals surface area contributed by atoms with E-state index in [-0.39, 0.29) is 27.4 Å². The number of sulfonamides is 1. The highest BCUT2D eigenvalue weighted by Crippen LogP contribution is 2.29. The van der Waals surface area contributed by atoms with Gasteiger partial charge in [-0.05, 0) is 55.3 Å². The van der Waals surface area contributed by atoms with Crippen LogP contribution >= 0.6 is 0 Å². The quantitative estimate of drug-likeness (QED) is 0.856. The normalized spacial score (nSPS) is 11.4. The van der Waals surface area contributed by atoms with E-state index in [1.165, 1.54) is 26.0 Å². The van der Waals surface area contributed by atoms with Gasteiger partial charge in [0.05, 0.1) is 10.6 Å². The molecule has 0 spiro atoms. The molecule has 0 aliphatic rings. The third-order valence-electron chi connectivity index (χ3n) is 3.07. The van der Waals surface area contributed by atoms with Crippen molar-refractivity contribution >= 4 is 21.4 Å². The van der Waals surface area contributed by atoms with Gasteiger partial charge in [0.15, 0.2) is 0 Å². The molecule has 4 nitrogen and oxygen atoms in total. The Morgan fingerprint density at radius 1 is 1.10 bits per heavy atom. The Morgan fingerprint density at radius 3 is 2.24 bits per heavy atom. The molecule has 21 heavy (non-hydrogen) atoms. The van der Waals surface area contributed by atoms with Crippen LogP contribution in [0.3, 0.4) is 0 Å². The summed E-state index contributed by atoms with van der Waals surface area (Å²) in [7, 11) is -3.95. The van der Waals surface area contributed by atoms with Crippen molar-refractivity contribution in [3.05, 3.63) is 53.1 Å². The molecule has 0 saturated heterocycles. The van der Waals surface area contributed by atoms with Crippen LogP contribution in [0, 0.1) is 25.5 Å². The average Bonchev–Trinajstić information content (AvgIpc) is 2.38. The minimum Gasteiger partial charge on any atom is -0.396 e. The lowest BCUT2D eigenvalue weighted by Gasteiger charge is -2.15. The van der Waals surface area contributed by atoms with Crippen LogP contribution in [0.4, 0.5) is 20.2 Å². The van der Waals surface area contributed by atoms with Gasteiger partial charge in [-0.2, -0.15) is 0 Å². The van der Waals surface area contributed by atoms with Crippen LogP contribution in [-0.4, -0.2) is 8.42 Å². The van der Waals surface area contributed by atoms with Crippen molar-refractivity contribution in [2.45, 2.75) is 18.7 Å². The minimum atomic E-state index is -3.95. The number of halogens is 2. The summed E-state index contributed by atoms with van der Waals surface area (Å²) in [6, 6.07) is 5.93. The Bertz CT molecular complexity index is 788. The molecule has 2 aromatic rings. The first kappa shape index (κ1) is 15.2. The van der Waals surface area contributed by atoms with E-state index >= 15 is 0 Å². The van der Waals surface area contributed by atoms with E-state index in [4.69, 9.17) is 5.73 Å². The second-order valence-electron chi connectivity index (χ2n) is 4.66. The summed E-state index contributed by atoms with van der Waals surface area (Å²) >= 11 is 0. The maximum atomic E-state index is 13.5. The van der Waals surface area contributed by atoms with Crippen molar-refractivity contribution in [3.63, 3.8) is 0 Å². The van der Waals surface area contributed by atoms with E-state index in [0.29, 0.717) is 0 Å². The van der Waals surface area contributed by atoms with Gasteiger partial charge in [-0.1, -0.05) is 0 Å². The SMILES string of the molecule is Cc1cc(F)c(N)c(C)c1S(=O)(=O)Nc1ccc(F)cc1. The standard InChI is InChI=1S/C14H14F2N2O2S/c1-8-7-12(16)13(17)9(2)14(8)21(19,20)18-11-5-3-10(15)4-6-11/h3-7,18H,17H2,1-2H3. The van der Waals surface area contributed by atoms with Gasteiger partial charge in [0.1, 0.15) is 11.6 Å². The maximum Gasteiger partial charge on any atom is 0.262 e. The molecule has 0 radical (unpaired) electrons. The van der Waals surface area contributed by atoms with Gasteiger partial charge in [0.2, 0.25) is 0 Å². The van der Waals surface area contributed by atoms with Crippen molar-refractivity contribution in [1.82, 2.24) is 0 Å². The highest BCUT2D eigenvalue weighted by molar-refractivity contribution is 7.92. The fourth-order valence-electron chi connectivity index (χ4n) is 2.07. The van der Waals surface area contributed by atoms with Gasteiger partial charge >= 0.3 is 0 Å². The number of rotatable bonds is 3. The molecule has 2 aromatic carbocycles. The monoisotopic (exact) mass is 312 g/mol. The summed E-state index contributed by atoms with van der Waals surface area (Å²) in [5.41, 5.74) is 5.93. The van der Waals surface area contributed by atoms with Crippen molar-refractivity contribution in [2.75, 3.05) is 10.5 Å². The molecule has 2 rings (SSSR count). The van der Waals surface area contributed by atoms with Crippen molar-refractivity contribution in [1.29, 1.82) is 0 Å². The fourth-order valence-corrected chi connectivity index (χ4v) is 3.61. The van der Waals surface area contributed by atoms with Crippen LogP contribution in [0.25, 0.3) is 0 Å². The van der Waals surface area contributed by atoms with Crippen molar-refractivity contribution in [2.24, 2.45) is 0 Å². The van der Waals surface area contributed by atoms with E-state index in [1.807, 2.05) is 0 Å². The minimum absolute atomic E-state index is 0.0780. The van der Waals surface area contributed by atoms with Gasteiger partial charge in [-0.25, -0.2) is 17.2 Å². The second-order valence-corrected chi connectivity index (χ2v) is 6.27. The first-order valence-electron chi connectivity index (χ1n) is 6.06. The number of hydrogen-bond donors (Lipinski definition) is 2. The molecule has 0 amide bonds. The Labute approximate surface area is 121 Å². The molecule has 0 atom stereocenters. The maximum absolute atomic E-state index is 13.5. The molecule has 0 aromatic heterocycles. The first-order valence-corrected chi connectivity index (χ1v) is 7.54. The highest BCUT2D eigenvalue weighted by Gasteiger charge is 2.23. The zero-order valence-corrected chi connectivity index (χ0v) is 12.3. The molecule has 0 fully saturated rings. The molecule has 7 heteroatoms. The van der Waals surface area contributed by atoms with E-state index in [2.05, 4.69) is 4.72 Å². The number of nitrogens with one attached hydrogen (secondary N) is 1. The number of benzene rings is 2. The Kier molecular flexibility index (Phi) is 3.87. The van der Waals surface area contributed by atoms with E-state index in [1.54, 1.807) is 0 Å². The molecule has 0 aliphatic heterocycles. The third-order valence-corrected chi connectivity index (χ3v) is 4.74. The summed E-state index contributed by atoms with van der Waals surface area (Å²) in [5, 5.41) is 0. The zero-order valence-electron chi connectivity index (χ0n) is 11.4. The lowest BCUT2D eigenvalue weighted by molar-refractivity contribution is 0.598. The zero-order chi connectivity index (χ0) is 15.8. The van der Waals surface area contributed by atoms with Crippen LogP contribution in [-0.2, 0) is 10.0 Å². The van der Waals surface area contributed by atoms with E-state index in [0.717, 1.165) is 18.2 Å². The number of aryl methyl sites for hydroxylation is 1. The van der Waals surface area contributed by atoms with Gasteiger partial charge in [0.25, 0.3) is 10.0 Å². The molecule has 112 valence electrons. The van der Waals surface area contributed by atoms with Crippen LogP contribution in [0.15, 0.2) is 35.2 Å². The molecule has 0 heterocycles. The number of hydrogen-bond acceptors (Lipinski definition) is 3. The summed E-state index contributed by atoms with van der Waals surface area (Å²) in [4.78, 5) is -0.0780. The van der Waals surface area contributed by atoms with Gasteiger partial charge in [-0.15, -0.1) is 0 Å². The van der Waals surface area contributed by atoms with Crippen molar-refractivity contribution < 1.29 is 17.2 Å². The predicted octanol–water partition coefficient (Wildman–Crippen LogP) is 2.96. The Balaban J connectivity index is 2.50. The van der Waals surface area contributed by atoms with E-state index in [9.17, 15) is 17.2 Å². The lowest BCUT2D eigenvalue weighted by Crippen LogP contribution is -2.17. The number of nitrogen functional groups attached to an aromatic ring is 1. The molecular formula is C14H14F2N2O2S. The van der Waals surface area contributed by atoms with Crippen LogP contribution in [0.5, 0.6) is 0 Å². The van der Waals surface area contributed by atoms with E-state index < -0.39 is 21.7 Å². The third kappa shape index (κ3) is 2.97. The van der Waals surface area contributed by atoms with Crippen LogP contribution < -0.4 is 10.5 Å². The number of anilines is 2. The van der Waals surface area contributed by atoms with Crippen molar-refractivity contribution in [3.8, 4) is 0 Å². The largest absolute Gasteiger partial charge is 0.396 e. The summed E-state index contributed by atoms with van der Waals surface area (Å²) in [5.74, 6) is -1.14. The smallest absolute Gasteiger partial charge is 0.262 e. The highest BCUT2D eigenvalue weighted by atomic mass is 32.2. The molecule has 0 saturated carbocycles. The molecule has 3 N–H and O–H groups in total. The molecule has 0 aliphatic carbocycles. The predicted molar refractivity (Wildman–Crippen MR) is 77.5 cm³/mol. The summed E-state index contributed by atoms with van der Waals surface area (Å²) < 4.78 is 53.5. The fraction of sp³-hybridized carbons (Fsp3) is 0.143. The van der Waals surface area contributed by atoms with Gasteiger partial charge in [-0.3, -0.25) is 4.72 Å². The topological polar surface area (TPSA) is 72.2 Å². The van der Waals surface area contributed by atoms with Crippen LogP contribution in [0.1, 0.15) is 11.1 Å². The lowest BCUT2D eigenvalue weighted by atomic mass is 10.1. The second kappa shape index (κ2) is 5.33. The molecule has 0 bridgehead atoms. The first-order chi connectivity index (χ1) is 9.72. The summed E-state index contributed by atoms with van der Waals surface area (Å²) in [6.45, 7) is 2.92. The van der Waals surface area contributed by atoms with Gasteiger partial charge in [0, 0.05) is 5.69 Å². The number of nitrogens with two attached hydrogens (primary N) is 1. The van der Waals surface area contributed by atoms with Crippen LogP contribution in [0.2, 0.25) is 0 Å². The Morgan fingerprint density at radius 2 is 1.67 bits per heavy atom.